The number of hydrogen-bond acceptors (Lipinski definition) is 5. The Bertz CT molecular complexity index is 1020. The number of amides is 1. The van der Waals surface area contributed by atoms with E-state index in [9.17, 15) is 9.59 Å². The Morgan fingerprint density at radius 2 is 1.60 bits per heavy atom. The van der Waals surface area contributed by atoms with E-state index >= 15 is 0 Å². The Kier molecular flexibility index (Phi) is 7.19. The molecule has 1 amide bonds. The molecule has 0 fully saturated rings. The van der Waals surface area contributed by atoms with Gasteiger partial charge in [0.1, 0.15) is 5.75 Å². The quantitative estimate of drug-likeness (QED) is 0.561. The molecule has 1 N–H and O–H groups in total. The maximum Gasteiger partial charge on any atom is 0.339 e. The van der Waals surface area contributed by atoms with Gasteiger partial charge in [0.25, 0.3) is 5.91 Å². The van der Waals surface area contributed by atoms with Crippen LogP contribution in [0.3, 0.4) is 0 Å². The lowest BCUT2D eigenvalue weighted by molar-refractivity contribution is 0.0602. The molecule has 0 saturated heterocycles. The summed E-state index contributed by atoms with van der Waals surface area (Å²) < 4.78 is 16.0. The highest BCUT2D eigenvalue weighted by molar-refractivity contribution is 6.08. The molecule has 3 aromatic carbocycles. The van der Waals surface area contributed by atoms with Gasteiger partial charge in [-0.1, -0.05) is 42.5 Å². The predicted octanol–water partition coefficient (Wildman–Crippen LogP) is 4.45. The highest BCUT2D eigenvalue weighted by Crippen LogP contribution is 2.23. The Morgan fingerprint density at radius 3 is 2.33 bits per heavy atom. The lowest BCUT2D eigenvalue weighted by Crippen LogP contribution is -2.15. The average Bonchev–Trinajstić information content (AvgIpc) is 2.79. The molecule has 0 atom stereocenters. The first-order valence-electron chi connectivity index (χ1n) is 9.39. The molecule has 0 aromatic heterocycles. The van der Waals surface area contributed by atoms with Crippen molar-refractivity contribution in [1.82, 2.24) is 0 Å². The van der Waals surface area contributed by atoms with Crippen LogP contribution < -0.4 is 10.1 Å². The SMILES string of the molecule is COC(=O)c1ccccc1NC(=O)c1ccc(OC)c(COCc2ccccc2)c1. The fourth-order valence-electron chi connectivity index (χ4n) is 2.96. The molecule has 6 nitrogen and oxygen atoms in total. The van der Waals surface area contributed by atoms with Crippen LogP contribution >= 0.6 is 0 Å². The summed E-state index contributed by atoms with van der Waals surface area (Å²) in [5.41, 5.74) is 2.90. The number of nitrogens with one attached hydrogen (secondary N) is 1. The van der Waals surface area contributed by atoms with Crippen molar-refractivity contribution < 1.29 is 23.8 Å². The monoisotopic (exact) mass is 405 g/mol. The van der Waals surface area contributed by atoms with Crippen molar-refractivity contribution in [2.75, 3.05) is 19.5 Å². The van der Waals surface area contributed by atoms with E-state index in [0.29, 0.717) is 23.6 Å². The Hall–Kier alpha value is -3.64. The third-order valence-corrected chi connectivity index (χ3v) is 4.49. The van der Waals surface area contributed by atoms with Crippen LogP contribution in [-0.4, -0.2) is 26.1 Å². The minimum absolute atomic E-state index is 0.285. The molecule has 0 aliphatic rings. The van der Waals surface area contributed by atoms with E-state index in [1.165, 1.54) is 7.11 Å². The van der Waals surface area contributed by atoms with Crippen molar-refractivity contribution >= 4 is 17.6 Å². The number of para-hydroxylation sites is 1. The second-order valence-corrected chi connectivity index (χ2v) is 6.50. The summed E-state index contributed by atoms with van der Waals surface area (Å²) in [6, 6.07) is 21.6. The third kappa shape index (κ3) is 5.24. The van der Waals surface area contributed by atoms with Gasteiger partial charge >= 0.3 is 5.97 Å². The van der Waals surface area contributed by atoms with Gasteiger partial charge in [-0.3, -0.25) is 4.79 Å². The number of methoxy groups -OCH3 is 2. The Balaban J connectivity index is 1.74. The van der Waals surface area contributed by atoms with Crippen molar-refractivity contribution in [2.45, 2.75) is 13.2 Å². The summed E-state index contributed by atoms with van der Waals surface area (Å²) in [6.45, 7) is 0.741. The van der Waals surface area contributed by atoms with Gasteiger partial charge in [0, 0.05) is 11.1 Å². The van der Waals surface area contributed by atoms with Gasteiger partial charge in [-0.2, -0.15) is 0 Å². The Morgan fingerprint density at radius 1 is 0.867 bits per heavy atom. The van der Waals surface area contributed by atoms with Gasteiger partial charge in [-0.05, 0) is 35.9 Å². The van der Waals surface area contributed by atoms with E-state index in [1.54, 1.807) is 49.6 Å². The maximum absolute atomic E-state index is 12.8. The van der Waals surface area contributed by atoms with Gasteiger partial charge in [-0.25, -0.2) is 4.79 Å². The van der Waals surface area contributed by atoms with Gasteiger partial charge in [-0.15, -0.1) is 0 Å². The second kappa shape index (κ2) is 10.2. The van der Waals surface area contributed by atoms with Crippen LogP contribution in [0.5, 0.6) is 5.75 Å². The number of carbonyl (C=O) groups is 2. The van der Waals surface area contributed by atoms with Crippen LogP contribution in [0.15, 0.2) is 72.8 Å². The van der Waals surface area contributed by atoms with Gasteiger partial charge in [0.15, 0.2) is 0 Å². The van der Waals surface area contributed by atoms with Crippen LogP contribution in [0, 0.1) is 0 Å². The summed E-state index contributed by atoms with van der Waals surface area (Å²) >= 11 is 0. The molecule has 0 radical (unpaired) electrons. The number of anilines is 1. The third-order valence-electron chi connectivity index (χ3n) is 4.49. The van der Waals surface area contributed by atoms with E-state index < -0.39 is 5.97 Å². The number of hydrogen-bond donors (Lipinski definition) is 1. The van der Waals surface area contributed by atoms with E-state index in [-0.39, 0.29) is 18.1 Å². The van der Waals surface area contributed by atoms with Crippen LogP contribution in [0.1, 0.15) is 31.8 Å². The fourth-order valence-corrected chi connectivity index (χ4v) is 2.96. The number of esters is 1. The molecule has 0 heterocycles. The van der Waals surface area contributed by atoms with Crippen molar-refractivity contribution in [3.05, 3.63) is 95.1 Å². The zero-order valence-corrected chi connectivity index (χ0v) is 16.9. The number of carbonyl (C=O) groups excluding carboxylic acids is 2. The molecule has 30 heavy (non-hydrogen) atoms. The molecule has 0 aliphatic carbocycles. The first-order valence-corrected chi connectivity index (χ1v) is 9.39. The molecule has 0 bridgehead atoms. The Labute approximate surface area is 175 Å². The largest absolute Gasteiger partial charge is 0.496 e. The van der Waals surface area contributed by atoms with Crippen LogP contribution in [0.2, 0.25) is 0 Å². The molecule has 0 unspecified atom stereocenters. The summed E-state index contributed by atoms with van der Waals surface area (Å²) in [5, 5.41) is 2.77. The summed E-state index contributed by atoms with van der Waals surface area (Å²) in [7, 11) is 2.87. The van der Waals surface area contributed by atoms with Crippen molar-refractivity contribution in [1.29, 1.82) is 0 Å². The first-order chi connectivity index (χ1) is 14.6. The minimum Gasteiger partial charge on any atom is -0.496 e. The first kappa shape index (κ1) is 21.1. The number of benzene rings is 3. The van der Waals surface area contributed by atoms with Gasteiger partial charge < -0.3 is 19.5 Å². The van der Waals surface area contributed by atoms with E-state index in [4.69, 9.17) is 14.2 Å². The van der Waals surface area contributed by atoms with Gasteiger partial charge in [0.2, 0.25) is 0 Å². The van der Waals surface area contributed by atoms with Crippen LogP contribution in [0.25, 0.3) is 0 Å². The molecule has 3 aromatic rings. The highest BCUT2D eigenvalue weighted by Gasteiger charge is 2.15. The van der Waals surface area contributed by atoms with Crippen molar-refractivity contribution in [2.24, 2.45) is 0 Å². The lowest BCUT2D eigenvalue weighted by Gasteiger charge is -2.13. The van der Waals surface area contributed by atoms with E-state index in [0.717, 1.165) is 11.1 Å². The minimum atomic E-state index is -0.518. The standard InChI is InChI=1S/C24H23NO5/c1-28-22-13-12-18(14-19(22)16-30-15-17-8-4-3-5-9-17)23(26)25-21-11-7-6-10-20(21)24(27)29-2/h3-14H,15-16H2,1-2H3,(H,25,26). The smallest absolute Gasteiger partial charge is 0.339 e. The molecule has 154 valence electrons. The van der Waals surface area contributed by atoms with E-state index in [2.05, 4.69) is 5.32 Å². The molecular formula is C24H23NO5. The molecule has 0 aliphatic heterocycles. The van der Waals surface area contributed by atoms with Crippen molar-refractivity contribution in [3.63, 3.8) is 0 Å². The summed E-state index contributed by atoms with van der Waals surface area (Å²) in [4.78, 5) is 24.7. The second-order valence-electron chi connectivity index (χ2n) is 6.50. The molecule has 6 heteroatoms. The summed E-state index contributed by atoms with van der Waals surface area (Å²) in [5.74, 6) is -0.233. The molecule has 0 saturated carbocycles. The lowest BCUT2D eigenvalue weighted by atomic mass is 10.1. The van der Waals surface area contributed by atoms with Crippen LogP contribution in [0.4, 0.5) is 5.69 Å². The topological polar surface area (TPSA) is 73.9 Å². The fraction of sp³-hybridized carbons (Fsp3) is 0.167. The van der Waals surface area contributed by atoms with Gasteiger partial charge in [0.05, 0.1) is 38.7 Å². The maximum atomic E-state index is 12.8. The normalized spacial score (nSPS) is 10.3. The molecular weight excluding hydrogens is 382 g/mol. The average molecular weight is 405 g/mol. The predicted molar refractivity (Wildman–Crippen MR) is 114 cm³/mol. The number of rotatable bonds is 8. The van der Waals surface area contributed by atoms with E-state index in [1.807, 2.05) is 30.3 Å². The highest BCUT2D eigenvalue weighted by atomic mass is 16.5. The van der Waals surface area contributed by atoms with Crippen molar-refractivity contribution in [3.8, 4) is 5.75 Å². The summed E-state index contributed by atoms with van der Waals surface area (Å²) in [6.07, 6.45) is 0. The zero-order chi connectivity index (χ0) is 21.3. The zero-order valence-electron chi connectivity index (χ0n) is 16.9. The van der Waals surface area contributed by atoms with Crippen LogP contribution in [-0.2, 0) is 22.7 Å². The number of ether oxygens (including phenoxy) is 3. The molecule has 0 spiro atoms. The molecule has 3 rings (SSSR count).